The maximum Gasteiger partial charge on any atom is 0.413 e. The van der Waals surface area contributed by atoms with Crippen molar-refractivity contribution in [2.24, 2.45) is 0 Å². The van der Waals surface area contributed by atoms with Gasteiger partial charge in [-0.25, -0.2) is 14.2 Å². The summed E-state index contributed by atoms with van der Waals surface area (Å²) in [6.45, 7) is 12.7. The monoisotopic (exact) mass is 536 g/mol. The zero-order valence-electron chi connectivity index (χ0n) is 22.9. The van der Waals surface area contributed by atoms with Crippen LogP contribution in [-0.2, 0) is 6.54 Å². The maximum atomic E-state index is 14.8. The van der Waals surface area contributed by atoms with E-state index in [9.17, 15) is 14.3 Å². The molecule has 2 aromatic carbocycles. The minimum Gasteiger partial charge on any atom is -0.489 e. The quantitative estimate of drug-likeness (QED) is 0.351. The average molecular weight is 537 g/mol. The first kappa shape index (κ1) is 28.3. The van der Waals surface area contributed by atoms with Gasteiger partial charge in [-0.15, -0.1) is 0 Å². The molecule has 2 heterocycles. The fourth-order valence-electron chi connectivity index (χ4n) is 4.81. The summed E-state index contributed by atoms with van der Waals surface area (Å²) in [6, 6.07) is 12.0. The molecule has 0 spiro atoms. The lowest BCUT2D eigenvalue weighted by Crippen LogP contribution is -2.47. The number of aromatic nitrogens is 2. The van der Waals surface area contributed by atoms with Crippen molar-refractivity contribution < 1.29 is 19.0 Å². The van der Waals surface area contributed by atoms with Crippen LogP contribution in [0, 0.1) is 19.7 Å². The number of halogens is 1. The molecule has 0 radical (unpaired) electrons. The van der Waals surface area contributed by atoms with E-state index in [0.717, 1.165) is 60.9 Å². The molecule has 1 aliphatic rings. The van der Waals surface area contributed by atoms with Gasteiger partial charge in [0.15, 0.2) is 11.6 Å². The first-order valence-electron chi connectivity index (χ1n) is 13.4. The zero-order chi connectivity index (χ0) is 27.8. The summed E-state index contributed by atoms with van der Waals surface area (Å²) in [6.07, 6.45) is 1.51. The number of benzene rings is 2. The molecule has 2 N–H and O–H groups in total. The Morgan fingerprint density at radius 2 is 1.74 bits per heavy atom. The SMILES string of the molecule is CCCN1CCN(CCOc2ccc(Nc3nccc(N(Cc4cc(C)cc(C)c4)C(=O)O)n3)cc2F)CC1. The van der Waals surface area contributed by atoms with Gasteiger partial charge in [-0.3, -0.25) is 9.80 Å². The molecular weight excluding hydrogens is 499 g/mol. The fraction of sp³-hybridized carbons (Fsp3) is 0.414. The van der Waals surface area contributed by atoms with Gasteiger partial charge in [-0.1, -0.05) is 36.2 Å². The van der Waals surface area contributed by atoms with Crippen molar-refractivity contribution in [3.63, 3.8) is 0 Å². The normalized spacial score (nSPS) is 14.3. The number of nitrogens with zero attached hydrogens (tertiary/aromatic N) is 5. The molecule has 1 aliphatic heterocycles. The fourth-order valence-corrected chi connectivity index (χ4v) is 4.81. The van der Waals surface area contributed by atoms with E-state index in [-0.39, 0.29) is 24.1 Å². The first-order chi connectivity index (χ1) is 18.8. The molecule has 39 heavy (non-hydrogen) atoms. The minimum absolute atomic E-state index is 0.142. The number of piperazine rings is 1. The Morgan fingerprint density at radius 1 is 1.05 bits per heavy atom. The Hall–Kier alpha value is -3.76. The lowest BCUT2D eigenvalue weighted by molar-refractivity contribution is 0.116. The number of aryl methyl sites for hydroxylation is 2. The van der Waals surface area contributed by atoms with Crippen molar-refractivity contribution in [1.29, 1.82) is 0 Å². The molecule has 208 valence electrons. The topological polar surface area (TPSA) is 94.1 Å². The largest absolute Gasteiger partial charge is 0.489 e. The van der Waals surface area contributed by atoms with E-state index in [4.69, 9.17) is 4.74 Å². The van der Waals surface area contributed by atoms with E-state index in [1.54, 1.807) is 12.1 Å². The van der Waals surface area contributed by atoms with Crippen LogP contribution in [0.3, 0.4) is 0 Å². The van der Waals surface area contributed by atoms with Crippen molar-refractivity contribution >= 4 is 23.5 Å². The van der Waals surface area contributed by atoms with Gasteiger partial charge in [0.25, 0.3) is 0 Å². The number of carboxylic acid groups (broad SMARTS) is 1. The molecule has 9 nitrogen and oxygen atoms in total. The third-order valence-corrected chi connectivity index (χ3v) is 6.63. The predicted octanol–water partition coefficient (Wildman–Crippen LogP) is 5.07. The number of anilines is 3. The van der Waals surface area contributed by atoms with E-state index >= 15 is 0 Å². The number of amides is 1. The van der Waals surface area contributed by atoms with Crippen molar-refractivity contribution in [2.75, 3.05) is 56.1 Å². The van der Waals surface area contributed by atoms with Gasteiger partial charge in [0.05, 0.1) is 6.54 Å². The summed E-state index contributed by atoms with van der Waals surface area (Å²) < 4.78 is 20.5. The van der Waals surface area contributed by atoms with Crippen molar-refractivity contribution in [3.8, 4) is 5.75 Å². The van der Waals surface area contributed by atoms with Gasteiger partial charge in [0.1, 0.15) is 12.4 Å². The first-order valence-corrected chi connectivity index (χ1v) is 13.4. The molecule has 1 aromatic heterocycles. The summed E-state index contributed by atoms with van der Waals surface area (Å²) in [4.78, 5) is 26.5. The summed E-state index contributed by atoms with van der Waals surface area (Å²) in [7, 11) is 0. The molecule has 0 saturated carbocycles. The second kappa shape index (κ2) is 13.3. The summed E-state index contributed by atoms with van der Waals surface area (Å²) in [5.74, 6) is 0.0702. The molecule has 0 aliphatic carbocycles. The standard InChI is InChI=1S/C29H37FN6O3/c1-4-9-34-10-12-35(13-11-34)14-15-39-26-6-5-24(19-25(26)30)32-28-31-8-7-27(33-28)36(29(37)38)20-23-17-21(2)16-22(3)18-23/h5-8,16-19H,4,9-15,20H2,1-3H3,(H,37,38)(H,31,32,33). The molecule has 0 unspecified atom stereocenters. The molecule has 0 atom stereocenters. The molecule has 4 rings (SSSR count). The lowest BCUT2D eigenvalue weighted by Gasteiger charge is -2.34. The van der Waals surface area contributed by atoms with Crippen LogP contribution in [0.4, 0.5) is 26.6 Å². The van der Waals surface area contributed by atoms with E-state index in [1.807, 2.05) is 32.0 Å². The lowest BCUT2D eigenvalue weighted by atomic mass is 10.1. The van der Waals surface area contributed by atoms with Gasteiger partial charge in [-0.05, 0) is 50.6 Å². The van der Waals surface area contributed by atoms with Crippen LogP contribution in [0.25, 0.3) is 0 Å². The molecule has 1 saturated heterocycles. The highest BCUT2D eigenvalue weighted by Crippen LogP contribution is 2.24. The van der Waals surface area contributed by atoms with Crippen LogP contribution in [0.5, 0.6) is 5.75 Å². The molecule has 10 heteroatoms. The Labute approximate surface area is 229 Å². The highest BCUT2D eigenvalue weighted by Gasteiger charge is 2.18. The smallest absolute Gasteiger partial charge is 0.413 e. The minimum atomic E-state index is -1.13. The van der Waals surface area contributed by atoms with Crippen molar-refractivity contribution in [2.45, 2.75) is 33.7 Å². The molecule has 0 bridgehead atoms. The van der Waals surface area contributed by atoms with Crippen LogP contribution in [0.1, 0.15) is 30.0 Å². The highest BCUT2D eigenvalue weighted by atomic mass is 19.1. The predicted molar refractivity (Wildman–Crippen MR) is 151 cm³/mol. The zero-order valence-corrected chi connectivity index (χ0v) is 22.9. The third-order valence-electron chi connectivity index (χ3n) is 6.63. The van der Waals surface area contributed by atoms with E-state index in [1.165, 1.54) is 24.8 Å². The number of hydrogen-bond donors (Lipinski definition) is 2. The number of rotatable bonds is 11. The van der Waals surface area contributed by atoms with Crippen LogP contribution in [0.15, 0.2) is 48.7 Å². The number of carbonyl (C=O) groups is 1. The van der Waals surface area contributed by atoms with Gasteiger partial charge < -0.3 is 20.1 Å². The Morgan fingerprint density at radius 3 is 2.38 bits per heavy atom. The molecule has 1 amide bonds. The third kappa shape index (κ3) is 8.11. The van der Waals surface area contributed by atoms with Crippen LogP contribution >= 0.6 is 0 Å². The number of nitrogens with one attached hydrogen (secondary N) is 1. The average Bonchev–Trinajstić information content (AvgIpc) is 2.89. The second-order valence-corrected chi connectivity index (χ2v) is 9.91. The summed E-state index contributed by atoms with van der Waals surface area (Å²) in [5.41, 5.74) is 3.40. The van der Waals surface area contributed by atoms with Crippen molar-refractivity contribution in [3.05, 3.63) is 71.2 Å². The van der Waals surface area contributed by atoms with Gasteiger partial charge >= 0.3 is 6.09 Å². The van der Waals surface area contributed by atoms with Crippen molar-refractivity contribution in [1.82, 2.24) is 19.8 Å². The van der Waals surface area contributed by atoms with E-state index in [2.05, 4.69) is 32.0 Å². The number of ether oxygens (including phenoxy) is 1. The van der Waals surface area contributed by atoms with Crippen LogP contribution < -0.4 is 15.0 Å². The summed E-state index contributed by atoms with van der Waals surface area (Å²) in [5, 5.41) is 12.8. The molecular formula is C29H37FN6O3. The Kier molecular flexibility index (Phi) is 9.67. The van der Waals surface area contributed by atoms with Crippen LogP contribution in [-0.4, -0.2) is 76.8 Å². The number of hydrogen-bond acceptors (Lipinski definition) is 7. The van der Waals surface area contributed by atoms with Gasteiger partial charge in [0.2, 0.25) is 5.95 Å². The van der Waals surface area contributed by atoms with Gasteiger partial charge in [-0.2, -0.15) is 4.98 Å². The Balaban J connectivity index is 1.35. The molecule has 3 aromatic rings. The van der Waals surface area contributed by atoms with E-state index < -0.39 is 11.9 Å². The van der Waals surface area contributed by atoms with E-state index in [0.29, 0.717) is 12.3 Å². The Bertz CT molecular complexity index is 1250. The second-order valence-electron chi connectivity index (χ2n) is 9.91. The molecule has 1 fully saturated rings. The van der Waals surface area contributed by atoms with Crippen LogP contribution in [0.2, 0.25) is 0 Å². The maximum absolute atomic E-state index is 14.8. The summed E-state index contributed by atoms with van der Waals surface area (Å²) >= 11 is 0. The van der Waals surface area contributed by atoms with Gasteiger partial charge in [0, 0.05) is 50.7 Å². The highest BCUT2D eigenvalue weighted by molar-refractivity contribution is 5.84.